The lowest BCUT2D eigenvalue weighted by atomic mass is 10.1. The van der Waals surface area contributed by atoms with Crippen LogP contribution in [0.15, 0.2) is 109 Å². The summed E-state index contributed by atoms with van der Waals surface area (Å²) in [5, 5.41) is 5.18. The van der Waals surface area contributed by atoms with Crippen molar-refractivity contribution in [2.75, 3.05) is 0 Å². The van der Waals surface area contributed by atoms with Gasteiger partial charge in [-0.05, 0) is 48.5 Å². The summed E-state index contributed by atoms with van der Waals surface area (Å²) in [5.74, 6) is 0. The topological polar surface area (TPSA) is 77.3 Å². The van der Waals surface area contributed by atoms with Crippen molar-refractivity contribution in [1.82, 2.24) is 29.9 Å². The SMILES string of the molecule is c1cnc2c(c1)ccc1ccc(-c3ccc4ccc(-c5ccc6ccc7cccnc7c6n5)nc4n3)nc12. The van der Waals surface area contributed by atoms with Crippen molar-refractivity contribution in [3.63, 3.8) is 0 Å². The Balaban J connectivity index is 1.26. The van der Waals surface area contributed by atoms with Crippen LogP contribution in [0.1, 0.15) is 0 Å². The molecular weight excluding hydrogens is 468 g/mol. The van der Waals surface area contributed by atoms with E-state index in [1.807, 2.05) is 48.5 Å². The molecule has 0 saturated heterocycles. The highest BCUT2D eigenvalue weighted by molar-refractivity contribution is 6.04. The van der Waals surface area contributed by atoms with Crippen LogP contribution in [0.3, 0.4) is 0 Å². The van der Waals surface area contributed by atoms with Gasteiger partial charge in [0, 0.05) is 39.3 Å². The summed E-state index contributed by atoms with van der Waals surface area (Å²) in [6.07, 6.45) is 3.60. The fourth-order valence-corrected chi connectivity index (χ4v) is 5.02. The Labute approximate surface area is 216 Å². The minimum absolute atomic E-state index is 0.649. The monoisotopic (exact) mass is 486 g/mol. The highest BCUT2D eigenvalue weighted by Crippen LogP contribution is 2.28. The standard InChI is InChI=1S/C32H18N6/c1-3-19-5-7-21-9-13-24(35-30(21)28(19)33-17-1)26-15-11-23-12-16-27(38-32(23)37-26)25-14-10-22-8-6-20-4-2-18-34-29(20)31(22)36-25/h1-18H. The summed E-state index contributed by atoms with van der Waals surface area (Å²) < 4.78 is 0. The van der Waals surface area contributed by atoms with Crippen LogP contribution in [0.25, 0.3) is 77.4 Å². The van der Waals surface area contributed by atoms with Gasteiger partial charge in [-0.1, -0.05) is 48.5 Å². The molecule has 8 aromatic rings. The second-order valence-corrected chi connectivity index (χ2v) is 9.26. The summed E-state index contributed by atoms with van der Waals surface area (Å²) in [7, 11) is 0. The molecule has 0 fully saturated rings. The van der Waals surface area contributed by atoms with E-state index in [4.69, 9.17) is 19.9 Å². The average Bonchev–Trinajstić information content (AvgIpc) is 3.00. The van der Waals surface area contributed by atoms with E-state index in [0.717, 1.165) is 71.8 Å². The van der Waals surface area contributed by atoms with E-state index in [-0.39, 0.29) is 0 Å². The van der Waals surface area contributed by atoms with Gasteiger partial charge in [-0.3, -0.25) is 9.97 Å². The third kappa shape index (κ3) is 3.28. The second kappa shape index (κ2) is 8.08. The largest absolute Gasteiger partial charge is 0.254 e. The minimum atomic E-state index is 0.649. The van der Waals surface area contributed by atoms with Crippen molar-refractivity contribution >= 4 is 54.6 Å². The molecule has 0 atom stereocenters. The number of fused-ring (bicyclic) bond motifs is 7. The first-order valence-electron chi connectivity index (χ1n) is 12.4. The fourth-order valence-electron chi connectivity index (χ4n) is 5.02. The van der Waals surface area contributed by atoms with Gasteiger partial charge in [0.1, 0.15) is 0 Å². The summed E-state index contributed by atoms with van der Waals surface area (Å²) in [5.41, 5.74) is 7.25. The maximum absolute atomic E-state index is 4.95. The molecule has 6 nitrogen and oxygen atoms in total. The molecule has 8 rings (SSSR count). The third-order valence-corrected chi connectivity index (χ3v) is 6.94. The van der Waals surface area contributed by atoms with Crippen LogP contribution < -0.4 is 0 Å². The van der Waals surface area contributed by atoms with E-state index in [9.17, 15) is 0 Å². The van der Waals surface area contributed by atoms with Crippen LogP contribution in [0.2, 0.25) is 0 Å². The molecule has 0 aliphatic heterocycles. The van der Waals surface area contributed by atoms with Crippen molar-refractivity contribution in [1.29, 1.82) is 0 Å². The van der Waals surface area contributed by atoms with Crippen molar-refractivity contribution in [3.05, 3.63) is 109 Å². The van der Waals surface area contributed by atoms with Gasteiger partial charge in [-0.2, -0.15) is 0 Å². The van der Waals surface area contributed by atoms with Crippen molar-refractivity contribution < 1.29 is 0 Å². The molecule has 0 amide bonds. The predicted octanol–water partition coefficient (Wildman–Crippen LogP) is 7.16. The molecule has 0 aliphatic rings. The maximum Gasteiger partial charge on any atom is 0.160 e. The molecule has 38 heavy (non-hydrogen) atoms. The van der Waals surface area contributed by atoms with Gasteiger partial charge in [0.25, 0.3) is 0 Å². The molecule has 6 heteroatoms. The quantitative estimate of drug-likeness (QED) is 0.241. The number of aromatic nitrogens is 6. The molecule has 0 bridgehead atoms. The maximum atomic E-state index is 4.95. The van der Waals surface area contributed by atoms with E-state index in [1.54, 1.807) is 12.4 Å². The number of rotatable bonds is 2. The zero-order valence-electron chi connectivity index (χ0n) is 20.1. The predicted molar refractivity (Wildman–Crippen MR) is 152 cm³/mol. The van der Waals surface area contributed by atoms with Gasteiger partial charge >= 0.3 is 0 Å². The molecule has 6 aromatic heterocycles. The molecule has 6 heterocycles. The van der Waals surface area contributed by atoms with Crippen molar-refractivity contribution in [3.8, 4) is 22.8 Å². The Morgan fingerprint density at radius 2 is 0.684 bits per heavy atom. The third-order valence-electron chi connectivity index (χ3n) is 6.94. The first kappa shape index (κ1) is 20.8. The Kier molecular flexibility index (Phi) is 4.42. The van der Waals surface area contributed by atoms with Crippen LogP contribution in [-0.4, -0.2) is 29.9 Å². The number of benzene rings is 2. The number of hydrogen-bond acceptors (Lipinski definition) is 6. The Morgan fingerprint density at radius 3 is 1.16 bits per heavy atom. The lowest BCUT2D eigenvalue weighted by Gasteiger charge is -2.08. The van der Waals surface area contributed by atoms with E-state index in [1.165, 1.54) is 0 Å². The Morgan fingerprint density at radius 1 is 0.316 bits per heavy atom. The normalized spacial score (nSPS) is 11.7. The number of pyridine rings is 6. The first-order valence-corrected chi connectivity index (χ1v) is 12.4. The van der Waals surface area contributed by atoms with Gasteiger partial charge in [0.15, 0.2) is 5.65 Å². The van der Waals surface area contributed by atoms with Gasteiger partial charge in [-0.15, -0.1) is 0 Å². The molecule has 0 saturated carbocycles. The van der Waals surface area contributed by atoms with Gasteiger partial charge in [0.2, 0.25) is 0 Å². The zero-order chi connectivity index (χ0) is 25.1. The summed E-state index contributed by atoms with van der Waals surface area (Å²) in [6.45, 7) is 0. The summed E-state index contributed by atoms with van der Waals surface area (Å²) >= 11 is 0. The van der Waals surface area contributed by atoms with E-state index in [2.05, 4.69) is 58.5 Å². The smallest absolute Gasteiger partial charge is 0.160 e. The number of nitrogens with zero attached hydrogens (tertiary/aromatic N) is 6. The molecule has 0 aliphatic carbocycles. The molecule has 0 N–H and O–H groups in total. The first-order chi connectivity index (χ1) is 18.8. The molecule has 0 radical (unpaired) electrons. The molecular formula is C32H18N6. The molecule has 0 unspecified atom stereocenters. The van der Waals surface area contributed by atoms with Crippen LogP contribution in [0, 0.1) is 0 Å². The summed E-state index contributed by atoms with van der Waals surface area (Å²) in [4.78, 5) is 28.8. The molecule has 176 valence electrons. The Bertz CT molecular complexity index is 2050. The fraction of sp³-hybridized carbons (Fsp3) is 0. The van der Waals surface area contributed by atoms with Crippen LogP contribution in [0.5, 0.6) is 0 Å². The van der Waals surface area contributed by atoms with Gasteiger partial charge in [0.05, 0.1) is 44.8 Å². The Hall–Kier alpha value is -5.36. The van der Waals surface area contributed by atoms with E-state index in [0.29, 0.717) is 5.65 Å². The van der Waals surface area contributed by atoms with Crippen molar-refractivity contribution in [2.45, 2.75) is 0 Å². The van der Waals surface area contributed by atoms with Gasteiger partial charge < -0.3 is 0 Å². The van der Waals surface area contributed by atoms with Crippen LogP contribution in [0.4, 0.5) is 0 Å². The number of hydrogen-bond donors (Lipinski definition) is 0. The average molecular weight is 487 g/mol. The highest BCUT2D eigenvalue weighted by atomic mass is 14.9. The van der Waals surface area contributed by atoms with Crippen molar-refractivity contribution in [2.24, 2.45) is 0 Å². The van der Waals surface area contributed by atoms with E-state index >= 15 is 0 Å². The second-order valence-electron chi connectivity index (χ2n) is 9.26. The van der Waals surface area contributed by atoms with Crippen LogP contribution >= 0.6 is 0 Å². The molecule has 2 aromatic carbocycles. The highest BCUT2D eigenvalue weighted by Gasteiger charge is 2.11. The van der Waals surface area contributed by atoms with E-state index < -0.39 is 0 Å². The van der Waals surface area contributed by atoms with Gasteiger partial charge in [-0.25, -0.2) is 19.9 Å². The van der Waals surface area contributed by atoms with Crippen LogP contribution in [-0.2, 0) is 0 Å². The molecule has 0 spiro atoms. The zero-order valence-corrected chi connectivity index (χ0v) is 20.1. The summed E-state index contributed by atoms with van der Waals surface area (Å²) in [6, 6.07) is 32.5. The lowest BCUT2D eigenvalue weighted by Crippen LogP contribution is -1.94. The minimum Gasteiger partial charge on any atom is -0.254 e. The lowest BCUT2D eigenvalue weighted by molar-refractivity contribution is 1.24.